The van der Waals surface area contributed by atoms with E-state index in [9.17, 15) is 16.8 Å². The molecule has 1 atom stereocenters. The molecule has 0 spiro atoms. The molecular formula is C13H18ClNO4S2. The molecule has 0 radical (unpaired) electrons. The highest BCUT2D eigenvalue weighted by atomic mass is 35.5. The van der Waals surface area contributed by atoms with Gasteiger partial charge in [0.2, 0.25) is 10.0 Å². The summed E-state index contributed by atoms with van der Waals surface area (Å²) in [4.78, 5) is 0. The molecule has 1 aliphatic rings. The summed E-state index contributed by atoms with van der Waals surface area (Å²) in [5.74, 6) is -0.136. The second kappa shape index (κ2) is 6.64. The summed E-state index contributed by atoms with van der Waals surface area (Å²) in [6, 6.07) is 9.20. The maximum absolute atomic E-state index is 12.2. The van der Waals surface area contributed by atoms with E-state index in [1.807, 2.05) is 30.3 Å². The lowest BCUT2D eigenvalue weighted by Crippen LogP contribution is -2.40. The van der Waals surface area contributed by atoms with E-state index in [0.29, 0.717) is 0 Å². The maximum atomic E-state index is 12.2. The minimum absolute atomic E-state index is 0.0679. The van der Waals surface area contributed by atoms with Crippen LogP contribution in [0.3, 0.4) is 0 Å². The van der Waals surface area contributed by atoms with Gasteiger partial charge in [0, 0.05) is 6.54 Å². The van der Waals surface area contributed by atoms with Gasteiger partial charge in [0.05, 0.1) is 22.1 Å². The number of benzene rings is 1. The summed E-state index contributed by atoms with van der Waals surface area (Å²) >= 11 is 6.17. The van der Waals surface area contributed by atoms with Crippen molar-refractivity contribution in [3.63, 3.8) is 0 Å². The standard InChI is InChI=1S/C13H18ClNO4S2/c14-13(11-4-2-1-3-5-11)10-15-21(18,19)12-6-8-20(16,17)9-7-12/h1-5,12-13,15H,6-10H2. The molecule has 0 saturated carbocycles. The van der Waals surface area contributed by atoms with Gasteiger partial charge in [-0.05, 0) is 18.4 Å². The molecule has 1 heterocycles. The quantitative estimate of drug-likeness (QED) is 0.814. The van der Waals surface area contributed by atoms with E-state index in [1.165, 1.54) is 0 Å². The van der Waals surface area contributed by atoms with Gasteiger partial charge < -0.3 is 0 Å². The van der Waals surface area contributed by atoms with Gasteiger partial charge in [-0.25, -0.2) is 21.6 Å². The number of sulfonamides is 1. The zero-order valence-corrected chi connectivity index (χ0v) is 13.8. The number of sulfone groups is 1. The average molecular weight is 352 g/mol. The molecule has 1 unspecified atom stereocenters. The van der Waals surface area contributed by atoms with Crippen LogP contribution in [-0.2, 0) is 19.9 Å². The van der Waals surface area contributed by atoms with Gasteiger partial charge in [0.1, 0.15) is 9.84 Å². The van der Waals surface area contributed by atoms with Gasteiger partial charge in [0.15, 0.2) is 0 Å². The lowest BCUT2D eigenvalue weighted by atomic mass is 10.1. The molecule has 1 aliphatic heterocycles. The Balaban J connectivity index is 1.93. The minimum Gasteiger partial charge on any atom is -0.229 e. The van der Waals surface area contributed by atoms with Crippen LogP contribution in [0, 0.1) is 0 Å². The summed E-state index contributed by atoms with van der Waals surface area (Å²) in [7, 11) is -6.60. The van der Waals surface area contributed by atoms with Crippen molar-refractivity contribution >= 4 is 31.5 Å². The van der Waals surface area contributed by atoms with Crippen LogP contribution in [0.15, 0.2) is 30.3 Å². The lowest BCUT2D eigenvalue weighted by Gasteiger charge is -2.23. The van der Waals surface area contributed by atoms with E-state index in [1.54, 1.807) is 0 Å². The van der Waals surface area contributed by atoms with Crippen molar-refractivity contribution in [2.75, 3.05) is 18.1 Å². The van der Waals surface area contributed by atoms with Gasteiger partial charge in [-0.3, -0.25) is 0 Å². The van der Waals surface area contributed by atoms with E-state index >= 15 is 0 Å². The highest BCUT2D eigenvalue weighted by Gasteiger charge is 2.32. The van der Waals surface area contributed by atoms with Crippen LogP contribution in [-0.4, -0.2) is 40.1 Å². The Labute approximate surface area is 130 Å². The first-order valence-electron chi connectivity index (χ1n) is 6.68. The van der Waals surface area contributed by atoms with Crippen molar-refractivity contribution in [1.82, 2.24) is 4.72 Å². The molecule has 1 saturated heterocycles. The molecule has 118 valence electrons. The Morgan fingerprint density at radius 2 is 1.76 bits per heavy atom. The van der Waals surface area contributed by atoms with Gasteiger partial charge in [0.25, 0.3) is 0 Å². The smallest absolute Gasteiger partial charge is 0.214 e. The van der Waals surface area contributed by atoms with Gasteiger partial charge in [-0.2, -0.15) is 0 Å². The topological polar surface area (TPSA) is 80.3 Å². The summed E-state index contributed by atoms with van der Waals surface area (Å²) in [5, 5.41) is -1.10. The van der Waals surface area contributed by atoms with E-state index in [-0.39, 0.29) is 30.9 Å². The first-order chi connectivity index (χ1) is 9.80. The average Bonchev–Trinajstić information content (AvgIpc) is 2.45. The second-order valence-corrected chi connectivity index (χ2v) is 10.00. The molecule has 0 amide bonds. The van der Waals surface area contributed by atoms with Crippen LogP contribution in [0.25, 0.3) is 0 Å². The van der Waals surface area contributed by atoms with E-state index in [4.69, 9.17) is 11.6 Å². The largest absolute Gasteiger partial charge is 0.229 e. The highest BCUT2D eigenvalue weighted by Crippen LogP contribution is 2.22. The number of nitrogens with one attached hydrogen (secondary N) is 1. The number of hydrogen-bond acceptors (Lipinski definition) is 4. The second-order valence-electron chi connectivity index (χ2n) is 5.12. The third-order valence-corrected chi connectivity index (χ3v) is 7.61. The highest BCUT2D eigenvalue weighted by molar-refractivity contribution is 7.92. The van der Waals surface area contributed by atoms with Gasteiger partial charge in [-0.15, -0.1) is 11.6 Å². The molecule has 5 nitrogen and oxygen atoms in total. The molecule has 21 heavy (non-hydrogen) atoms. The molecule has 1 fully saturated rings. The van der Waals surface area contributed by atoms with Crippen molar-refractivity contribution in [3.05, 3.63) is 35.9 Å². The van der Waals surface area contributed by atoms with Crippen molar-refractivity contribution in [1.29, 1.82) is 0 Å². The summed E-state index contributed by atoms with van der Waals surface area (Å²) in [6.07, 6.45) is 0.298. The van der Waals surface area contributed by atoms with Gasteiger partial charge in [-0.1, -0.05) is 30.3 Å². The molecule has 0 aromatic heterocycles. The monoisotopic (exact) mass is 351 g/mol. The summed E-state index contributed by atoms with van der Waals surface area (Å²) in [5.41, 5.74) is 0.841. The molecule has 0 bridgehead atoms. The Morgan fingerprint density at radius 3 is 2.33 bits per heavy atom. The lowest BCUT2D eigenvalue weighted by molar-refractivity contribution is 0.542. The Hall–Kier alpha value is -0.630. The number of hydrogen-bond donors (Lipinski definition) is 1. The molecule has 1 aromatic rings. The fourth-order valence-corrected chi connectivity index (χ4v) is 5.86. The SMILES string of the molecule is O=S1(=O)CCC(S(=O)(=O)NCC(Cl)c2ccccc2)CC1. The molecule has 1 aromatic carbocycles. The number of alkyl halides is 1. The van der Waals surface area contributed by atoms with E-state index in [2.05, 4.69) is 4.72 Å². The molecule has 0 aliphatic carbocycles. The van der Waals surface area contributed by atoms with Crippen molar-refractivity contribution in [3.8, 4) is 0 Å². The number of halogens is 1. The fourth-order valence-electron chi connectivity index (χ4n) is 2.27. The first kappa shape index (κ1) is 16.7. The fraction of sp³-hybridized carbons (Fsp3) is 0.538. The van der Waals surface area contributed by atoms with Crippen LogP contribution >= 0.6 is 11.6 Å². The molecule has 2 rings (SSSR count). The maximum Gasteiger partial charge on any atom is 0.214 e. The van der Waals surface area contributed by atoms with Crippen molar-refractivity contribution < 1.29 is 16.8 Å². The Bertz CT molecular complexity index is 659. The van der Waals surface area contributed by atoms with Crippen LogP contribution in [0.1, 0.15) is 23.8 Å². The van der Waals surface area contributed by atoms with Gasteiger partial charge >= 0.3 is 0 Å². The normalized spacial score (nSPS) is 21.0. The predicted molar refractivity (Wildman–Crippen MR) is 83.6 cm³/mol. The van der Waals surface area contributed by atoms with E-state index in [0.717, 1.165) is 5.56 Å². The Kier molecular flexibility index (Phi) is 5.29. The van der Waals surface area contributed by atoms with Crippen LogP contribution in [0.2, 0.25) is 0 Å². The molecule has 8 heteroatoms. The predicted octanol–water partition coefficient (Wildman–Crippen LogP) is 1.46. The van der Waals surface area contributed by atoms with Crippen LogP contribution in [0.4, 0.5) is 0 Å². The summed E-state index contributed by atoms with van der Waals surface area (Å²) in [6.45, 7) is 0.0944. The third kappa shape index (κ3) is 4.67. The zero-order chi connectivity index (χ0) is 15.5. The minimum atomic E-state index is -3.54. The molecule has 1 N–H and O–H groups in total. The Morgan fingerprint density at radius 1 is 1.19 bits per heavy atom. The summed E-state index contributed by atoms with van der Waals surface area (Å²) < 4.78 is 49.5. The van der Waals surface area contributed by atoms with Crippen molar-refractivity contribution in [2.45, 2.75) is 23.5 Å². The zero-order valence-electron chi connectivity index (χ0n) is 11.4. The van der Waals surface area contributed by atoms with Crippen LogP contribution < -0.4 is 4.72 Å². The number of rotatable bonds is 5. The van der Waals surface area contributed by atoms with Crippen molar-refractivity contribution in [2.24, 2.45) is 0 Å². The van der Waals surface area contributed by atoms with Crippen LogP contribution in [0.5, 0.6) is 0 Å². The first-order valence-corrected chi connectivity index (χ1v) is 10.5. The third-order valence-electron chi connectivity index (χ3n) is 3.57. The van der Waals surface area contributed by atoms with E-state index < -0.39 is 30.5 Å². The molecular weight excluding hydrogens is 334 g/mol.